The van der Waals surface area contributed by atoms with Gasteiger partial charge in [-0.2, -0.15) is 0 Å². The van der Waals surface area contributed by atoms with Crippen LogP contribution < -0.4 is 10.3 Å². The minimum atomic E-state index is 0.0377. The van der Waals surface area contributed by atoms with Crippen LogP contribution in [-0.4, -0.2) is 16.7 Å². The molecule has 2 aromatic heterocycles. The molecular formula is C18H16N2O2. The number of pyridine rings is 1. The van der Waals surface area contributed by atoms with E-state index in [1.807, 2.05) is 49.4 Å². The number of benzene rings is 2. The van der Waals surface area contributed by atoms with Crippen molar-refractivity contribution in [1.29, 1.82) is 0 Å². The molecule has 0 saturated heterocycles. The number of ether oxygens (including phenoxy) is 1. The largest absolute Gasteiger partial charge is 0.497 e. The molecule has 110 valence electrons. The molecule has 4 heteroatoms. The average Bonchev–Trinajstić information content (AvgIpc) is 2.94. The minimum absolute atomic E-state index is 0.0377. The van der Waals surface area contributed by atoms with Crippen LogP contribution in [0.4, 0.5) is 0 Å². The van der Waals surface area contributed by atoms with E-state index in [2.05, 4.69) is 4.98 Å². The van der Waals surface area contributed by atoms with Gasteiger partial charge in [-0.1, -0.05) is 18.2 Å². The highest BCUT2D eigenvalue weighted by molar-refractivity contribution is 6.15. The van der Waals surface area contributed by atoms with Crippen molar-refractivity contribution in [3.63, 3.8) is 0 Å². The van der Waals surface area contributed by atoms with Gasteiger partial charge in [-0.05, 0) is 25.1 Å². The second-order valence-corrected chi connectivity index (χ2v) is 5.35. The van der Waals surface area contributed by atoms with Crippen LogP contribution in [0.2, 0.25) is 0 Å². The van der Waals surface area contributed by atoms with Crippen LogP contribution in [0.5, 0.6) is 5.75 Å². The van der Waals surface area contributed by atoms with E-state index >= 15 is 0 Å². The Bertz CT molecular complexity index is 1070. The third kappa shape index (κ3) is 1.61. The first-order valence-electron chi connectivity index (χ1n) is 7.35. The zero-order valence-electron chi connectivity index (χ0n) is 12.5. The van der Waals surface area contributed by atoms with Crippen LogP contribution in [0.3, 0.4) is 0 Å². The molecule has 0 unspecified atom stereocenters. The molecule has 0 aliphatic rings. The van der Waals surface area contributed by atoms with Crippen molar-refractivity contribution in [3.05, 3.63) is 52.8 Å². The number of hydrogen-bond donors (Lipinski definition) is 1. The van der Waals surface area contributed by atoms with Crippen molar-refractivity contribution in [1.82, 2.24) is 9.55 Å². The molecular weight excluding hydrogens is 276 g/mol. The highest BCUT2D eigenvalue weighted by atomic mass is 16.5. The molecule has 1 N–H and O–H groups in total. The lowest BCUT2D eigenvalue weighted by molar-refractivity contribution is 0.415. The van der Waals surface area contributed by atoms with E-state index in [4.69, 9.17) is 4.74 Å². The quantitative estimate of drug-likeness (QED) is 0.613. The van der Waals surface area contributed by atoms with E-state index in [1.54, 1.807) is 11.7 Å². The maximum absolute atomic E-state index is 13.0. The molecule has 4 aromatic rings. The highest BCUT2D eigenvalue weighted by Gasteiger charge is 2.15. The van der Waals surface area contributed by atoms with Gasteiger partial charge in [0.15, 0.2) is 0 Å². The molecule has 0 aliphatic carbocycles. The van der Waals surface area contributed by atoms with Gasteiger partial charge in [0, 0.05) is 28.9 Å². The summed E-state index contributed by atoms with van der Waals surface area (Å²) < 4.78 is 7.11. The SMILES string of the molecule is CCn1c(=O)c2c3ccccc3[nH]c2c2ccc(OC)cc21. The summed E-state index contributed by atoms with van der Waals surface area (Å²) in [5.74, 6) is 0.754. The first-order valence-corrected chi connectivity index (χ1v) is 7.35. The van der Waals surface area contributed by atoms with Crippen LogP contribution >= 0.6 is 0 Å². The molecule has 2 aromatic carbocycles. The molecule has 0 amide bonds. The summed E-state index contributed by atoms with van der Waals surface area (Å²) in [6.07, 6.45) is 0. The molecule has 0 saturated carbocycles. The second-order valence-electron chi connectivity index (χ2n) is 5.35. The van der Waals surface area contributed by atoms with Gasteiger partial charge in [0.2, 0.25) is 0 Å². The Morgan fingerprint density at radius 1 is 1.14 bits per heavy atom. The number of aryl methyl sites for hydroxylation is 1. The number of hydrogen-bond acceptors (Lipinski definition) is 2. The van der Waals surface area contributed by atoms with Crippen molar-refractivity contribution in [2.75, 3.05) is 7.11 Å². The fraction of sp³-hybridized carbons (Fsp3) is 0.167. The lowest BCUT2D eigenvalue weighted by Gasteiger charge is -2.10. The molecule has 0 fully saturated rings. The molecule has 4 nitrogen and oxygen atoms in total. The van der Waals surface area contributed by atoms with Crippen LogP contribution in [0.15, 0.2) is 47.3 Å². The van der Waals surface area contributed by atoms with Gasteiger partial charge in [0.05, 0.1) is 23.5 Å². The minimum Gasteiger partial charge on any atom is -0.497 e. The molecule has 0 aliphatic heterocycles. The third-order valence-electron chi connectivity index (χ3n) is 4.25. The zero-order chi connectivity index (χ0) is 15.3. The highest BCUT2D eigenvalue weighted by Crippen LogP contribution is 2.30. The fourth-order valence-electron chi connectivity index (χ4n) is 3.20. The van der Waals surface area contributed by atoms with Gasteiger partial charge in [0.25, 0.3) is 5.56 Å². The summed E-state index contributed by atoms with van der Waals surface area (Å²) >= 11 is 0. The Labute approximate surface area is 126 Å². The standard InChI is InChI=1S/C18H16N2O2/c1-3-20-15-10-11(22-2)8-9-13(15)17-16(18(20)21)12-6-4-5-7-14(12)19-17/h4-10,19H,3H2,1-2H3. The first-order chi connectivity index (χ1) is 10.7. The van der Waals surface area contributed by atoms with Gasteiger partial charge in [-0.15, -0.1) is 0 Å². The van der Waals surface area contributed by atoms with E-state index in [0.29, 0.717) is 6.54 Å². The Morgan fingerprint density at radius 2 is 1.95 bits per heavy atom. The zero-order valence-corrected chi connectivity index (χ0v) is 12.5. The lowest BCUT2D eigenvalue weighted by atomic mass is 10.1. The fourth-order valence-corrected chi connectivity index (χ4v) is 3.20. The normalized spacial score (nSPS) is 11.5. The number of aromatic amines is 1. The number of rotatable bonds is 2. The van der Waals surface area contributed by atoms with Gasteiger partial charge < -0.3 is 14.3 Å². The summed E-state index contributed by atoms with van der Waals surface area (Å²) in [6.45, 7) is 2.61. The first kappa shape index (κ1) is 13.0. The number of methoxy groups -OCH3 is 1. The van der Waals surface area contributed by atoms with E-state index in [0.717, 1.165) is 38.5 Å². The number of nitrogens with one attached hydrogen (secondary N) is 1. The van der Waals surface area contributed by atoms with Crippen molar-refractivity contribution in [2.45, 2.75) is 13.5 Å². The molecule has 22 heavy (non-hydrogen) atoms. The molecule has 0 spiro atoms. The Morgan fingerprint density at radius 3 is 2.73 bits per heavy atom. The maximum atomic E-state index is 13.0. The molecule has 2 heterocycles. The van der Waals surface area contributed by atoms with Crippen LogP contribution in [-0.2, 0) is 6.54 Å². The van der Waals surface area contributed by atoms with Crippen LogP contribution in [0, 0.1) is 0 Å². The average molecular weight is 292 g/mol. The third-order valence-corrected chi connectivity index (χ3v) is 4.25. The summed E-state index contributed by atoms with van der Waals surface area (Å²) in [5, 5.41) is 2.77. The summed E-state index contributed by atoms with van der Waals surface area (Å²) in [6, 6.07) is 13.8. The van der Waals surface area contributed by atoms with Gasteiger partial charge in [-0.3, -0.25) is 4.79 Å². The van der Waals surface area contributed by atoms with Crippen molar-refractivity contribution >= 4 is 32.7 Å². The number of para-hydroxylation sites is 1. The van der Waals surface area contributed by atoms with E-state index < -0.39 is 0 Å². The monoisotopic (exact) mass is 292 g/mol. The number of nitrogens with zero attached hydrogens (tertiary/aromatic N) is 1. The predicted octanol–water partition coefficient (Wildman–Crippen LogP) is 3.66. The van der Waals surface area contributed by atoms with Gasteiger partial charge in [-0.25, -0.2) is 0 Å². The van der Waals surface area contributed by atoms with Crippen LogP contribution in [0.25, 0.3) is 32.7 Å². The Hall–Kier alpha value is -2.75. The molecule has 0 radical (unpaired) electrons. The van der Waals surface area contributed by atoms with Crippen molar-refractivity contribution in [3.8, 4) is 5.75 Å². The van der Waals surface area contributed by atoms with Crippen LogP contribution in [0.1, 0.15) is 6.92 Å². The number of fused-ring (bicyclic) bond motifs is 5. The lowest BCUT2D eigenvalue weighted by Crippen LogP contribution is -2.19. The summed E-state index contributed by atoms with van der Waals surface area (Å²) in [4.78, 5) is 16.3. The predicted molar refractivity (Wildman–Crippen MR) is 89.8 cm³/mol. The topological polar surface area (TPSA) is 47.0 Å². The van der Waals surface area contributed by atoms with Crippen molar-refractivity contribution in [2.24, 2.45) is 0 Å². The molecule has 0 bridgehead atoms. The summed E-state index contributed by atoms with van der Waals surface area (Å²) in [7, 11) is 1.64. The molecule has 0 atom stereocenters. The van der Waals surface area contributed by atoms with Gasteiger partial charge in [0.1, 0.15) is 5.75 Å². The number of aromatic nitrogens is 2. The Kier molecular flexibility index (Phi) is 2.73. The Balaban J connectivity index is 2.32. The molecule has 4 rings (SSSR count). The van der Waals surface area contributed by atoms with Crippen molar-refractivity contribution < 1.29 is 4.74 Å². The van der Waals surface area contributed by atoms with E-state index in [9.17, 15) is 4.79 Å². The smallest absolute Gasteiger partial charge is 0.261 e. The summed E-state index contributed by atoms with van der Waals surface area (Å²) in [5.41, 5.74) is 2.82. The maximum Gasteiger partial charge on any atom is 0.261 e. The van der Waals surface area contributed by atoms with E-state index in [-0.39, 0.29) is 5.56 Å². The number of H-pyrrole nitrogens is 1. The van der Waals surface area contributed by atoms with E-state index in [1.165, 1.54) is 0 Å². The second kappa shape index (κ2) is 4.63. The van der Waals surface area contributed by atoms with Gasteiger partial charge >= 0.3 is 0 Å².